The smallest absolute Gasteiger partial charge is 0.323 e. The lowest BCUT2D eigenvalue weighted by Crippen LogP contribution is -2.47. The first-order valence-corrected chi connectivity index (χ1v) is 10.1. The number of hydrogen-bond acceptors (Lipinski definition) is 4. The minimum absolute atomic E-state index is 0.232. The first-order chi connectivity index (χ1) is 13.4. The van der Waals surface area contributed by atoms with Gasteiger partial charge in [-0.05, 0) is 24.1 Å². The molecule has 5 unspecified atom stereocenters. The molecule has 1 fully saturated rings. The van der Waals surface area contributed by atoms with Crippen LogP contribution in [-0.4, -0.2) is 55.5 Å². The summed E-state index contributed by atoms with van der Waals surface area (Å²) in [6.07, 6.45) is -2.74. The van der Waals surface area contributed by atoms with E-state index in [1.54, 1.807) is 10.8 Å². The fourth-order valence-corrected chi connectivity index (χ4v) is 5.21. The van der Waals surface area contributed by atoms with Crippen LogP contribution in [0.25, 0.3) is 11.0 Å². The normalized spacial score (nSPS) is 29.7. The van der Waals surface area contributed by atoms with E-state index >= 15 is 0 Å². The lowest BCUT2D eigenvalue weighted by molar-refractivity contribution is -0.137. The maximum absolute atomic E-state index is 14.2. The third-order valence-electron chi connectivity index (χ3n) is 5.25. The number of thioether (sulfide) groups is 1. The molecule has 0 amide bonds. The topological polar surface area (TPSA) is 67.5 Å². The van der Waals surface area contributed by atoms with Crippen molar-refractivity contribution < 1.29 is 23.1 Å². The molecular formula is C19H20F3N3O2S. The molecule has 0 spiro atoms. The molecule has 1 N–H and O–H groups in total. The second-order valence-corrected chi connectivity index (χ2v) is 8.44. The molecule has 2 aromatic rings. The Morgan fingerprint density at radius 2 is 2.11 bits per heavy atom. The van der Waals surface area contributed by atoms with Gasteiger partial charge in [-0.1, -0.05) is 6.92 Å². The lowest BCUT2D eigenvalue weighted by Gasteiger charge is -2.31. The Kier molecular flexibility index (Phi) is 5.11. The molecule has 2 aliphatic rings. The van der Waals surface area contributed by atoms with Crippen LogP contribution in [-0.2, 0) is 24.2 Å². The summed E-state index contributed by atoms with van der Waals surface area (Å²) in [5, 5.41) is 9.81. The van der Waals surface area contributed by atoms with Crippen LogP contribution in [0.1, 0.15) is 24.6 Å². The maximum Gasteiger partial charge on any atom is 0.323 e. The highest BCUT2D eigenvalue weighted by molar-refractivity contribution is 8.14. The summed E-state index contributed by atoms with van der Waals surface area (Å²) in [5.74, 6) is -0.986. The zero-order chi connectivity index (χ0) is 20.0. The third kappa shape index (κ3) is 3.40. The van der Waals surface area contributed by atoms with Gasteiger partial charge in [-0.2, -0.15) is 0 Å². The van der Waals surface area contributed by atoms with Crippen LogP contribution in [0.3, 0.4) is 0 Å². The predicted octanol–water partition coefficient (Wildman–Crippen LogP) is 3.53. The van der Waals surface area contributed by atoms with Crippen molar-refractivity contribution in [2.75, 3.05) is 0 Å². The van der Waals surface area contributed by atoms with Crippen molar-refractivity contribution in [2.45, 2.75) is 62.5 Å². The number of nitrogens with zero attached hydrogens (tertiary/aromatic N) is 3. The predicted molar refractivity (Wildman–Crippen MR) is 102 cm³/mol. The number of aliphatic imine (C=N–C) groups is 1. The number of carbonyl (C=O) groups is 1. The Balaban J connectivity index is 1.66. The molecule has 2 aromatic heterocycles. The van der Waals surface area contributed by atoms with E-state index in [2.05, 4.69) is 9.98 Å². The molecule has 5 nitrogen and oxygen atoms in total. The number of pyridine rings is 1. The van der Waals surface area contributed by atoms with Gasteiger partial charge in [0.1, 0.15) is 24.5 Å². The molecule has 5 atom stereocenters. The van der Waals surface area contributed by atoms with Gasteiger partial charge in [0.25, 0.3) is 0 Å². The molecular weight excluding hydrogens is 391 g/mol. The summed E-state index contributed by atoms with van der Waals surface area (Å²) in [6, 6.07) is 2.76. The van der Waals surface area contributed by atoms with Gasteiger partial charge in [0.05, 0.1) is 16.3 Å². The molecule has 4 rings (SSSR count). The number of hydrogen-bond donors (Lipinski definition) is 1. The van der Waals surface area contributed by atoms with Crippen molar-refractivity contribution in [1.29, 1.82) is 0 Å². The molecule has 150 valence electrons. The van der Waals surface area contributed by atoms with Crippen molar-refractivity contribution in [2.24, 2.45) is 4.99 Å². The molecule has 0 aromatic carbocycles. The highest BCUT2D eigenvalue weighted by Gasteiger charge is 2.49. The summed E-state index contributed by atoms with van der Waals surface area (Å²) < 4.78 is 43.6. The van der Waals surface area contributed by atoms with Crippen LogP contribution in [0, 0.1) is 0 Å². The summed E-state index contributed by atoms with van der Waals surface area (Å²) in [7, 11) is 0. The Hall–Kier alpha value is -2.03. The monoisotopic (exact) mass is 411 g/mol. The van der Waals surface area contributed by atoms with Gasteiger partial charge in [-0.15, -0.1) is 11.8 Å². The largest absolute Gasteiger partial charge is 0.480 e. The van der Waals surface area contributed by atoms with Gasteiger partial charge in [-0.3, -0.25) is 9.79 Å². The number of alkyl halides is 3. The summed E-state index contributed by atoms with van der Waals surface area (Å²) in [5.41, 5.74) is 2.20. The maximum atomic E-state index is 14.2. The average Bonchev–Trinajstić information content (AvgIpc) is 3.22. The highest BCUT2D eigenvalue weighted by Crippen LogP contribution is 2.42. The first kappa shape index (κ1) is 19.3. The number of aryl methyl sites for hydroxylation is 1. The van der Waals surface area contributed by atoms with E-state index in [0.29, 0.717) is 17.1 Å². The minimum atomic E-state index is -1.82. The van der Waals surface area contributed by atoms with Gasteiger partial charge in [0.2, 0.25) is 0 Å². The number of aromatic nitrogens is 2. The molecule has 3 heterocycles. The van der Waals surface area contributed by atoms with Crippen molar-refractivity contribution in [3.63, 3.8) is 0 Å². The Morgan fingerprint density at radius 1 is 1.32 bits per heavy atom. The molecule has 0 saturated heterocycles. The first-order valence-electron chi connectivity index (χ1n) is 9.22. The van der Waals surface area contributed by atoms with Gasteiger partial charge in [-0.25, -0.2) is 18.2 Å². The van der Waals surface area contributed by atoms with Crippen molar-refractivity contribution in [1.82, 2.24) is 9.55 Å². The molecule has 9 heteroatoms. The van der Waals surface area contributed by atoms with E-state index in [4.69, 9.17) is 0 Å². The summed E-state index contributed by atoms with van der Waals surface area (Å²) in [4.78, 5) is 20.0. The van der Waals surface area contributed by atoms with Crippen LogP contribution in [0.15, 0.2) is 23.3 Å². The number of carboxylic acids is 1. The third-order valence-corrected chi connectivity index (χ3v) is 6.62. The van der Waals surface area contributed by atoms with E-state index in [-0.39, 0.29) is 6.54 Å². The summed E-state index contributed by atoms with van der Waals surface area (Å²) >= 11 is 1.17. The number of fused-ring (bicyclic) bond motifs is 2. The van der Waals surface area contributed by atoms with E-state index in [1.165, 1.54) is 11.8 Å². The van der Waals surface area contributed by atoms with Gasteiger partial charge < -0.3 is 9.67 Å². The number of rotatable bonds is 5. The van der Waals surface area contributed by atoms with Gasteiger partial charge in [0, 0.05) is 30.1 Å². The molecule has 1 saturated carbocycles. The van der Waals surface area contributed by atoms with E-state index in [1.807, 2.05) is 19.1 Å². The molecule has 1 aliphatic carbocycles. The second kappa shape index (κ2) is 7.42. The zero-order valence-electron chi connectivity index (χ0n) is 15.2. The Bertz CT molecular complexity index is 948. The van der Waals surface area contributed by atoms with E-state index in [0.717, 1.165) is 23.1 Å². The molecule has 0 radical (unpaired) electrons. The molecule has 28 heavy (non-hydrogen) atoms. The minimum Gasteiger partial charge on any atom is -0.480 e. The average molecular weight is 411 g/mol. The molecule has 0 bridgehead atoms. The van der Waals surface area contributed by atoms with E-state index in [9.17, 15) is 23.1 Å². The fraction of sp³-hybridized carbons (Fsp3) is 0.526. The van der Waals surface area contributed by atoms with Gasteiger partial charge in [0.15, 0.2) is 6.17 Å². The number of carboxylic acid groups (broad SMARTS) is 1. The molecule has 1 aliphatic heterocycles. The number of aliphatic carboxylic acids is 1. The van der Waals surface area contributed by atoms with Crippen molar-refractivity contribution in [3.8, 4) is 0 Å². The standard InChI is InChI=1S/C19H20F3N3O2S/c1-2-10-3-4-11-9(7-25(8-15(26)27)19(11)23-10)5-14-24-17-16(22)12(20)6-13(21)18(17)28-14/h3-4,7,12-13,16-18H,2,5-6,8H2,1H3,(H,26,27). The fourth-order valence-electron chi connectivity index (χ4n) is 3.86. The Morgan fingerprint density at radius 3 is 2.82 bits per heavy atom. The highest BCUT2D eigenvalue weighted by atomic mass is 32.2. The van der Waals surface area contributed by atoms with Crippen molar-refractivity contribution in [3.05, 3.63) is 29.6 Å². The lowest BCUT2D eigenvalue weighted by atomic mass is 9.90. The van der Waals surface area contributed by atoms with E-state index < -0.39 is 42.2 Å². The summed E-state index contributed by atoms with van der Waals surface area (Å²) in [6.45, 7) is 1.73. The quantitative estimate of drug-likeness (QED) is 0.818. The SMILES string of the molecule is CCc1ccc2c(CC3=NC4C(F)C(F)CC(F)C4S3)cn(CC(=O)O)c2n1. The van der Waals surface area contributed by atoms with Crippen LogP contribution >= 0.6 is 11.8 Å². The van der Waals surface area contributed by atoms with Crippen LogP contribution in [0.5, 0.6) is 0 Å². The van der Waals surface area contributed by atoms with Crippen LogP contribution in [0.4, 0.5) is 13.2 Å². The second-order valence-electron chi connectivity index (χ2n) is 7.19. The van der Waals surface area contributed by atoms with Crippen LogP contribution in [0.2, 0.25) is 0 Å². The Labute approximate surface area is 164 Å². The van der Waals surface area contributed by atoms with Crippen molar-refractivity contribution >= 4 is 33.8 Å². The zero-order valence-corrected chi connectivity index (χ0v) is 16.0. The van der Waals surface area contributed by atoms with Crippen LogP contribution < -0.4 is 0 Å². The number of halogens is 3. The van der Waals surface area contributed by atoms with Gasteiger partial charge >= 0.3 is 5.97 Å².